The third-order valence-corrected chi connectivity index (χ3v) is 3.90. The molecule has 18 heavy (non-hydrogen) atoms. The Morgan fingerprint density at radius 1 is 1.11 bits per heavy atom. The highest BCUT2D eigenvalue weighted by atomic mass is 16.3. The summed E-state index contributed by atoms with van der Waals surface area (Å²) in [6.45, 7) is 11.4. The summed E-state index contributed by atoms with van der Waals surface area (Å²) >= 11 is 0. The van der Waals surface area contributed by atoms with Crippen LogP contribution in [0.15, 0.2) is 0 Å². The second-order valence-corrected chi connectivity index (χ2v) is 5.72. The van der Waals surface area contributed by atoms with E-state index in [1.165, 1.54) is 25.8 Å². The Hall–Kier alpha value is -0.120. The Balaban J connectivity index is 3.96. The van der Waals surface area contributed by atoms with E-state index in [0.29, 0.717) is 12.6 Å². The molecule has 0 radical (unpaired) electrons. The minimum absolute atomic E-state index is 0.376. The van der Waals surface area contributed by atoms with Gasteiger partial charge in [-0.3, -0.25) is 0 Å². The van der Waals surface area contributed by atoms with E-state index >= 15 is 0 Å². The predicted molar refractivity (Wildman–Crippen MR) is 79.8 cm³/mol. The van der Waals surface area contributed by atoms with Gasteiger partial charge in [0.1, 0.15) is 0 Å². The third kappa shape index (κ3) is 7.34. The second kappa shape index (κ2) is 9.76. The summed E-state index contributed by atoms with van der Waals surface area (Å²) in [5, 5.41) is 10.2. The lowest BCUT2D eigenvalue weighted by molar-refractivity contribution is 0.0305. The molecule has 0 aromatic carbocycles. The maximum Gasteiger partial charge on any atom is 0.0767 e. The molecule has 0 rings (SSSR count). The normalized spacial score (nSPS) is 15.3. The Bertz CT molecular complexity index is 191. The van der Waals surface area contributed by atoms with Crippen LogP contribution in [0.25, 0.3) is 0 Å². The van der Waals surface area contributed by atoms with Crippen molar-refractivity contribution in [2.45, 2.75) is 77.9 Å². The average Bonchev–Trinajstić information content (AvgIpc) is 2.36. The van der Waals surface area contributed by atoms with Gasteiger partial charge in [0.25, 0.3) is 0 Å². The lowest BCUT2D eigenvalue weighted by atomic mass is 9.94. The molecule has 0 spiro atoms. The molecule has 0 aliphatic heterocycles. The standard InChI is InChI=1S/C15H34N2O/c1-5-7-8-11-17(14(3)4)12-9-10-15(18,6-2)13-16/h14,18H,5-13,16H2,1-4H3. The van der Waals surface area contributed by atoms with Crippen molar-refractivity contribution < 1.29 is 5.11 Å². The van der Waals surface area contributed by atoms with Gasteiger partial charge in [0.15, 0.2) is 0 Å². The molecule has 110 valence electrons. The largest absolute Gasteiger partial charge is 0.389 e. The zero-order valence-electron chi connectivity index (χ0n) is 12.9. The minimum Gasteiger partial charge on any atom is -0.389 e. The molecule has 0 heterocycles. The SMILES string of the molecule is CCCCCN(CCCC(O)(CC)CN)C(C)C. The zero-order valence-corrected chi connectivity index (χ0v) is 12.9. The quantitative estimate of drug-likeness (QED) is 0.560. The van der Waals surface area contributed by atoms with Crippen LogP contribution in [0.5, 0.6) is 0 Å². The molecule has 0 aliphatic rings. The van der Waals surface area contributed by atoms with Crippen molar-refractivity contribution in [2.24, 2.45) is 5.73 Å². The number of nitrogens with two attached hydrogens (primary N) is 1. The highest BCUT2D eigenvalue weighted by Gasteiger charge is 2.22. The van der Waals surface area contributed by atoms with Crippen molar-refractivity contribution in [3.05, 3.63) is 0 Å². The second-order valence-electron chi connectivity index (χ2n) is 5.72. The van der Waals surface area contributed by atoms with Gasteiger partial charge in [0, 0.05) is 12.6 Å². The Labute approximate surface area is 114 Å². The van der Waals surface area contributed by atoms with E-state index in [4.69, 9.17) is 5.73 Å². The number of nitrogens with zero attached hydrogens (tertiary/aromatic N) is 1. The first-order valence-electron chi connectivity index (χ1n) is 7.65. The summed E-state index contributed by atoms with van der Waals surface area (Å²) in [5.74, 6) is 0. The Morgan fingerprint density at radius 2 is 1.72 bits per heavy atom. The fourth-order valence-electron chi connectivity index (χ4n) is 2.23. The average molecular weight is 258 g/mol. The van der Waals surface area contributed by atoms with E-state index in [1.54, 1.807) is 0 Å². The van der Waals surface area contributed by atoms with Gasteiger partial charge in [0.2, 0.25) is 0 Å². The highest BCUT2D eigenvalue weighted by Crippen LogP contribution is 2.16. The molecule has 0 saturated heterocycles. The minimum atomic E-state index is -0.647. The van der Waals surface area contributed by atoms with Crippen molar-refractivity contribution in [1.82, 2.24) is 4.90 Å². The van der Waals surface area contributed by atoms with Gasteiger partial charge in [-0.1, -0.05) is 26.7 Å². The molecule has 0 aromatic heterocycles. The molecule has 0 aromatic rings. The molecule has 1 atom stereocenters. The molecule has 0 bridgehead atoms. The van der Waals surface area contributed by atoms with E-state index in [1.807, 2.05) is 6.92 Å². The van der Waals surface area contributed by atoms with Crippen LogP contribution in [0.3, 0.4) is 0 Å². The number of unbranched alkanes of at least 4 members (excludes halogenated alkanes) is 2. The molecule has 3 N–H and O–H groups in total. The van der Waals surface area contributed by atoms with Gasteiger partial charge in [-0.25, -0.2) is 0 Å². The van der Waals surface area contributed by atoms with Crippen LogP contribution in [0.2, 0.25) is 0 Å². The van der Waals surface area contributed by atoms with E-state index in [-0.39, 0.29) is 0 Å². The molecule has 1 unspecified atom stereocenters. The van der Waals surface area contributed by atoms with E-state index in [2.05, 4.69) is 25.7 Å². The van der Waals surface area contributed by atoms with Crippen molar-refractivity contribution in [1.29, 1.82) is 0 Å². The van der Waals surface area contributed by atoms with Crippen LogP contribution in [0, 0.1) is 0 Å². The summed E-state index contributed by atoms with van der Waals surface area (Å²) in [7, 11) is 0. The highest BCUT2D eigenvalue weighted by molar-refractivity contribution is 4.78. The van der Waals surface area contributed by atoms with Gasteiger partial charge >= 0.3 is 0 Å². The Morgan fingerprint density at radius 3 is 2.17 bits per heavy atom. The van der Waals surface area contributed by atoms with Crippen molar-refractivity contribution >= 4 is 0 Å². The zero-order chi connectivity index (χ0) is 14.0. The summed E-state index contributed by atoms with van der Waals surface area (Å²) in [6, 6.07) is 0.592. The molecule has 0 amide bonds. The number of rotatable bonds is 11. The fraction of sp³-hybridized carbons (Fsp3) is 1.00. The van der Waals surface area contributed by atoms with Gasteiger partial charge in [0.05, 0.1) is 5.60 Å². The molecular weight excluding hydrogens is 224 g/mol. The topological polar surface area (TPSA) is 49.5 Å². The number of aliphatic hydroxyl groups is 1. The van der Waals surface area contributed by atoms with Crippen LogP contribution in [0.1, 0.15) is 66.2 Å². The monoisotopic (exact) mass is 258 g/mol. The summed E-state index contributed by atoms with van der Waals surface area (Å²) in [4.78, 5) is 2.52. The number of hydrogen-bond donors (Lipinski definition) is 2. The number of hydrogen-bond acceptors (Lipinski definition) is 3. The van der Waals surface area contributed by atoms with Crippen molar-refractivity contribution in [3.63, 3.8) is 0 Å². The first-order valence-corrected chi connectivity index (χ1v) is 7.65. The van der Waals surface area contributed by atoms with Gasteiger partial charge in [-0.15, -0.1) is 0 Å². The molecule has 0 fully saturated rings. The molecule has 3 heteroatoms. The maximum absolute atomic E-state index is 10.2. The van der Waals surface area contributed by atoms with Gasteiger partial charge in [-0.2, -0.15) is 0 Å². The fourth-order valence-corrected chi connectivity index (χ4v) is 2.23. The van der Waals surface area contributed by atoms with Crippen molar-refractivity contribution in [3.8, 4) is 0 Å². The lowest BCUT2D eigenvalue weighted by Gasteiger charge is -2.29. The van der Waals surface area contributed by atoms with Crippen LogP contribution >= 0.6 is 0 Å². The smallest absolute Gasteiger partial charge is 0.0767 e. The summed E-state index contributed by atoms with van der Waals surface area (Å²) < 4.78 is 0. The van der Waals surface area contributed by atoms with Crippen LogP contribution in [-0.4, -0.2) is 41.3 Å². The summed E-state index contributed by atoms with van der Waals surface area (Å²) in [5.41, 5.74) is 4.98. The van der Waals surface area contributed by atoms with E-state index < -0.39 is 5.60 Å². The first kappa shape index (κ1) is 17.9. The van der Waals surface area contributed by atoms with Crippen molar-refractivity contribution in [2.75, 3.05) is 19.6 Å². The molecule has 0 saturated carbocycles. The van der Waals surface area contributed by atoms with Crippen LogP contribution < -0.4 is 5.73 Å². The predicted octanol–water partition coefficient (Wildman–Crippen LogP) is 2.77. The lowest BCUT2D eigenvalue weighted by Crippen LogP contribution is -2.39. The van der Waals surface area contributed by atoms with Crippen LogP contribution in [-0.2, 0) is 0 Å². The van der Waals surface area contributed by atoms with Gasteiger partial charge in [-0.05, 0) is 52.6 Å². The first-order chi connectivity index (χ1) is 8.49. The molecule has 0 aliphatic carbocycles. The Kier molecular flexibility index (Phi) is 9.70. The molecule has 3 nitrogen and oxygen atoms in total. The third-order valence-electron chi connectivity index (χ3n) is 3.90. The van der Waals surface area contributed by atoms with Gasteiger partial charge < -0.3 is 15.7 Å². The maximum atomic E-state index is 10.2. The summed E-state index contributed by atoms with van der Waals surface area (Å²) in [6.07, 6.45) is 6.47. The molecular formula is C15H34N2O. The van der Waals surface area contributed by atoms with Crippen LogP contribution in [0.4, 0.5) is 0 Å². The van der Waals surface area contributed by atoms with E-state index in [0.717, 1.165) is 25.8 Å². The van der Waals surface area contributed by atoms with E-state index in [9.17, 15) is 5.11 Å².